The SMILES string of the molecule is COCCN(CC(=O)N(Cc1ccccc1)c1ccccc1)C(C)=O. The van der Waals surface area contributed by atoms with Crippen molar-refractivity contribution in [1.29, 1.82) is 0 Å². The Morgan fingerprint density at radius 1 is 0.960 bits per heavy atom. The van der Waals surface area contributed by atoms with Crippen molar-refractivity contribution in [3.8, 4) is 0 Å². The van der Waals surface area contributed by atoms with E-state index >= 15 is 0 Å². The molecule has 132 valence electrons. The third kappa shape index (κ3) is 5.72. The summed E-state index contributed by atoms with van der Waals surface area (Å²) in [5.41, 5.74) is 1.84. The molecule has 2 amide bonds. The fourth-order valence-electron chi connectivity index (χ4n) is 2.50. The highest BCUT2D eigenvalue weighted by Crippen LogP contribution is 2.17. The van der Waals surface area contributed by atoms with Crippen molar-refractivity contribution in [2.24, 2.45) is 0 Å². The number of carbonyl (C=O) groups is 2. The molecule has 0 aliphatic heterocycles. The molecule has 0 aliphatic rings. The summed E-state index contributed by atoms with van der Waals surface area (Å²) in [7, 11) is 1.58. The molecule has 2 rings (SSSR count). The minimum absolute atomic E-state index is 0.0282. The molecule has 0 fully saturated rings. The predicted octanol–water partition coefficient (Wildman–Crippen LogP) is 2.71. The molecule has 0 spiro atoms. The monoisotopic (exact) mass is 340 g/mol. The van der Waals surface area contributed by atoms with Crippen LogP contribution in [0.4, 0.5) is 5.69 Å². The van der Waals surface area contributed by atoms with Gasteiger partial charge < -0.3 is 14.5 Å². The van der Waals surface area contributed by atoms with Crippen LogP contribution in [0.25, 0.3) is 0 Å². The van der Waals surface area contributed by atoms with E-state index in [9.17, 15) is 9.59 Å². The van der Waals surface area contributed by atoms with Gasteiger partial charge in [0.05, 0.1) is 13.2 Å². The molecule has 2 aromatic rings. The largest absolute Gasteiger partial charge is 0.383 e. The molecular weight excluding hydrogens is 316 g/mol. The third-order valence-electron chi connectivity index (χ3n) is 3.89. The van der Waals surface area contributed by atoms with Crippen LogP contribution in [0.2, 0.25) is 0 Å². The van der Waals surface area contributed by atoms with Crippen LogP contribution in [-0.4, -0.2) is 43.5 Å². The van der Waals surface area contributed by atoms with Crippen LogP contribution in [0.1, 0.15) is 12.5 Å². The highest BCUT2D eigenvalue weighted by Gasteiger charge is 2.20. The Morgan fingerprint density at radius 2 is 1.56 bits per heavy atom. The van der Waals surface area contributed by atoms with E-state index in [1.54, 1.807) is 12.0 Å². The van der Waals surface area contributed by atoms with Gasteiger partial charge in [-0.25, -0.2) is 0 Å². The van der Waals surface area contributed by atoms with Crippen molar-refractivity contribution in [1.82, 2.24) is 4.90 Å². The van der Waals surface area contributed by atoms with Crippen molar-refractivity contribution >= 4 is 17.5 Å². The summed E-state index contributed by atoms with van der Waals surface area (Å²) in [6.45, 7) is 2.75. The molecular formula is C20H24N2O3. The normalized spacial score (nSPS) is 10.3. The number of hydrogen-bond donors (Lipinski definition) is 0. The van der Waals surface area contributed by atoms with Gasteiger partial charge in [0.15, 0.2) is 0 Å². The van der Waals surface area contributed by atoms with E-state index in [4.69, 9.17) is 4.74 Å². The van der Waals surface area contributed by atoms with E-state index in [1.807, 2.05) is 60.7 Å². The first-order valence-electron chi connectivity index (χ1n) is 8.25. The quantitative estimate of drug-likeness (QED) is 0.742. The minimum Gasteiger partial charge on any atom is -0.383 e. The van der Waals surface area contributed by atoms with Crippen molar-refractivity contribution in [2.45, 2.75) is 13.5 Å². The maximum absolute atomic E-state index is 12.9. The Balaban J connectivity index is 2.19. The number of benzene rings is 2. The first-order valence-corrected chi connectivity index (χ1v) is 8.25. The van der Waals surface area contributed by atoms with E-state index in [2.05, 4.69) is 0 Å². The molecule has 0 aliphatic carbocycles. The average Bonchev–Trinajstić information content (AvgIpc) is 2.64. The summed E-state index contributed by atoms with van der Waals surface area (Å²) in [5, 5.41) is 0. The van der Waals surface area contributed by atoms with Gasteiger partial charge in [-0.2, -0.15) is 0 Å². The first-order chi connectivity index (χ1) is 12.1. The summed E-state index contributed by atoms with van der Waals surface area (Å²) in [5.74, 6) is -0.264. The van der Waals surface area contributed by atoms with Gasteiger partial charge in [-0.15, -0.1) is 0 Å². The summed E-state index contributed by atoms with van der Waals surface area (Å²) in [6, 6.07) is 19.3. The molecule has 0 N–H and O–H groups in total. The van der Waals surface area contributed by atoms with E-state index in [-0.39, 0.29) is 18.4 Å². The second-order valence-corrected chi connectivity index (χ2v) is 5.73. The summed E-state index contributed by atoms with van der Waals surface area (Å²) in [4.78, 5) is 27.9. The lowest BCUT2D eigenvalue weighted by Gasteiger charge is -2.27. The Hall–Kier alpha value is -2.66. The number of hydrogen-bond acceptors (Lipinski definition) is 3. The lowest BCUT2D eigenvalue weighted by Crippen LogP contribution is -2.43. The van der Waals surface area contributed by atoms with E-state index in [1.165, 1.54) is 11.8 Å². The maximum Gasteiger partial charge on any atom is 0.246 e. The van der Waals surface area contributed by atoms with Gasteiger partial charge >= 0.3 is 0 Å². The zero-order valence-corrected chi connectivity index (χ0v) is 14.7. The molecule has 0 aromatic heterocycles. The number of amides is 2. The van der Waals surface area contributed by atoms with Crippen molar-refractivity contribution in [3.63, 3.8) is 0 Å². The van der Waals surface area contributed by atoms with Gasteiger partial charge in [-0.3, -0.25) is 9.59 Å². The minimum atomic E-state index is -0.141. The Morgan fingerprint density at radius 3 is 2.12 bits per heavy atom. The smallest absolute Gasteiger partial charge is 0.246 e. The fraction of sp³-hybridized carbons (Fsp3) is 0.300. The number of carbonyl (C=O) groups excluding carboxylic acids is 2. The molecule has 25 heavy (non-hydrogen) atoms. The van der Waals surface area contributed by atoms with Crippen LogP contribution in [0.3, 0.4) is 0 Å². The number of nitrogens with zero attached hydrogens (tertiary/aromatic N) is 2. The molecule has 0 atom stereocenters. The van der Waals surface area contributed by atoms with Crippen LogP contribution >= 0.6 is 0 Å². The van der Waals surface area contributed by atoms with Crippen LogP contribution in [0, 0.1) is 0 Å². The van der Waals surface area contributed by atoms with Crippen LogP contribution in [0.15, 0.2) is 60.7 Å². The number of anilines is 1. The van der Waals surface area contributed by atoms with E-state index < -0.39 is 0 Å². The van der Waals surface area contributed by atoms with Gasteiger partial charge in [0.2, 0.25) is 11.8 Å². The number of ether oxygens (including phenoxy) is 1. The molecule has 0 saturated carbocycles. The standard InChI is InChI=1S/C20H24N2O3/c1-17(23)21(13-14-25-2)16-20(24)22(19-11-7-4-8-12-19)15-18-9-5-3-6-10-18/h3-12H,13-16H2,1-2H3. The number of rotatable bonds is 8. The number of para-hydroxylation sites is 1. The van der Waals surface area contributed by atoms with Crippen molar-refractivity contribution < 1.29 is 14.3 Å². The summed E-state index contributed by atoms with van der Waals surface area (Å²) in [6.07, 6.45) is 0. The second kappa shape index (κ2) is 9.59. The first kappa shape index (κ1) is 18.7. The van der Waals surface area contributed by atoms with Gasteiger partial charge in [0.25, 0.3) is 0 Å². The Bertz CT molecular complexity index is 674. The Labute approximate surface area is 148 Å². The molecule has 0 heterocycles. The van der Waals surface area contributed by atoms with Crippen LogP contribution in [-0.2, 0) is 20.9 Å². The topological polar surface area (TPSA) is 49.9 Å². The molecule has 0 radical (unpaired) electrons. The average molecular weight is 340 g/mol. The van der Waals surface area contributed by atoms with Gasteiger partial charge in [-0.1, -0.05) is 48.5 Å². The zero-order chi connectivity index (χ0) is 18.1. The highest BCUT2D eigenvalue weighted by molar-refractivity contribution is 5.96. The van der Waals surface area contributed by atoms with Gasteiger partial charge in [-0.05, 0) is 17.7 Å². The fourth-order valence-corrected chi connectivity index (χ4v) is 2.50. The molecule has 2 aromatic carbocycles. The van der Waals surface area contributed by atoms with Crippen molar-refractivity contribution in [3.05, 3.63) is 66.2 Å². The van der Waals surface area contributed by atoms with Crippen LogP contribution < -0.4 is 4.90 Å². The van der Waals surface area contributed by atoms with E-state index in [0.29, 0.717) is 19.7 Å². The lowest BCUT2D eigenvalue weighted by atomic mass is 10.2. The van der Waals surface area contributed by atoms with Crippen LogP contribution in [0.5, 0.6) is 0 Å². The summed E-state index contributed by atoms with van der Waals surface area (Å²) >= 11 is 0. The maximum atomic E-state index is 12.9. The van der Waals surface area contributed by atoms with Gasteiger partial charge in [0, 0.05) is 26.3 Å². The second-order valence-electron chi connectivity index (χ2n) is 5.73. The molecule has 0 unspecified atom stereocenters. The van der Waals surface area contributed by atoms with Gasteiger partial charge in [0.1, 0.15) is 6.54 Å². The van der Waals surface area contributed by atoms with Crippen molar-refractivity contribution in [2.75, 3.05) is 31.7 Å². The zero-order valence-electron chi connectivity index (χ0n) is 14.7. The lowest BCUT2D eigenvalue weighted by molar-refractivity contribution is -0.134. The third-order valence-corrected chi connectivity index (χ3v) is 3.89. The highest BCUT2D eigenvalue weighted by atomic mass is 16.5. The predicted molar refractivity (Wildman–Crippen MR) is 98.2 cm³/mol. The Kier molecular flexibility index (Phi) is 7.16. The molecule has 0 saturated heterocycles. The molecule has 0 bridgehead atoms. The molecule has 5 heteroatoms. The molecule has 5 nitrogen and oxygen atoms in total. The summed E-state index contributed by atoms with van der Waals surface area (Å²) < 4.78 is 5.03. The number of methoxy groups -OCH3 is 1. The van der Waals surface area contributed by atoms with E-state index in [0.717, 1.165) is 11.3 Å².